The number of nitrogens with zero attached hydrogens (tertiary/aromatic N) is 2. The fraction of sp³-hybridized carbons (Fsp3) is 0.400. The molecule has 2 N–H and O–H groups in total. The van der Waals surface area contributed by atoms with Gasteiger partial charge in [-0.1, -0.05) is 36.4 Å². The zero-order valence-electron chi connectivity index (χ0n) is 13.6. The predicted octanol–water partition coefficient (Wildman–Crippen LogP) is 2.42. The topological polar surface area (TPSA) is 105 Å². The van der Waals surface area contributed by atoms with E-state index in [1.54, 1.807) is 6.92 Å². The van der Waals surface area contributed by atoms with E-state index in [4.69, 9.17) is 0 Å². The van der Waals surface area contributed by atoms with Crippen molar-refractivity contribution in [3.05, 3.63) is 32.7 Å². The molecule has 24 heavy (non-hydrogen) atoms. The van der Waals surface area contributed by atoms with Gasteiger partial charge < -0.3 is 10.3 Å². The summed E-state index contributed by atoms with van der Waals surface area (Å²) in [6.07, 6.45) is 1.61. The van der Waals surface area contributed by atoms with Crippen LogP contribution < -0.4 is 10.9 Å². The minimum Gasteiger partial charge on any atom is -0.301 e. The summed E-state index contributed by atoms with van der Waals surface area (Å²) in [7, 11) is 0. The molecule has 2 aromatic rings. The number of anilines is 1. The van der Waals surface area contributed by atoms with Crippen molar-refractivity contribution in [1.82, 2.24) is 15.0 Å². The number of thiazole rings is 1. The molecular weight excluding hydrogens is 348 g/mol. The van der Waals surface area contributed by atoms with Crippen LogP contribution in [0.4, 0.5) is 5.13 Å². The van der Waals surface area contributed by atoms with Crippen molar-refractivity contribution in [2.75, 3.05) is 11.1 Å². The number of nitrogens with one attached hydrogen (secondary N) is 2. The first-order valence-corrected chi connectivity index (χ1v) is 9.20. The number of Topliss-reactive ketones (excluding diaryl/α,β-unsaturated/α-hetero) is 1. The van der Waals surface area contributed by atoms with E-state index in [2.05, 4.69) is 20.3 Å². The zero-order valence-corrected chi connectivity index (χ0v) is 15.3. The maximum absolute atomic E-state index is 12.0. The number of H-pyrrole nitrogens is 1. The highest BCUT2D eigenvalue weighted by atomic mass is 32.2. The predicted molar refractivity (Wildman–Crippen MR) is 95.1 cm³/mol. The molecule has 0 unspecified atom stereocenters. The number of carbonyl (C=O) groups is 2. The van der Waals surface area contributed by atoms with E-state index in [1.807, 2.05) is 6.92 Å². The molecule has 0 spiro atoms. The van der Waals surface area contributed by atoms with Gasteiger partial charge in [0.2, 0.25) is 5.91 Å². The van der Waals surface area contributed by atoms with Gasteiger partial charge in [-0.05, 0) is 13.3 Å². The highest BCUT2D eigenvalue weighted by molar-refractivity contribution is 7.99. The first-order chi connectivity index (χ1) is 11.4. The van der Waals surface area contributed by atoms with Crippen LogP contribution >= 0.6 is 23.1 Å². The Morgan fingerprint density at radius 3 is 2.75 bits per heavy atom. The Morgan fingerprint density at radius 2 is 2.12 bits per heavy atom. The summed E-state index contributed by atoms with van der Waals surface area (Å²) in [5.41, 5.74) is 1.09. The Kier molecular flexibility index (Phi) is 6.27. The molecule has 1 amide bonds. The van der Waals surface area contributed by atoms with E-state index in [1.165, 1.54) is 13.0 Å². The van der Waals surface area contributed by atoms with Crippen LogP contribution in [0.3, 0.4) is 0 Å². The summed E-state index contributed by atoms with van der Waals surface area (Å²) >= 11 is 2.30. The van der Waals surface area contributed by atoms with Gasteiger partial charge in [0.05, 0.1) is 16.3 Å². The number of ketones is 1. The Balaban J connectivity index is 1.97. The van der Waals surface area contributed by atoms with Crippen molar-refractivity contribution >= 4 is 39.9 Å². The van der Waals surface area contributed by atoms with E-state index >= 15 is 0 Å². The number of hydrogen-bond donors (Lipinski definition) is 2. The molecule has 128 valence electrons. The quantitative estimate of drug-likeness (QED) is 0.443. The lowest BCUT2D eigenvalue weighted by molar-refractivity contribution is -0.113. The van der Waals surface area contributed by atoms with E-state index in [0.29, 0.717) is 26.6 Å². The van der Waals surface area contributed by atoms with Gasteiger partial charge >= 0.3 is 0 Å². The number of carbonyl (C=O) groups excluding carboxylic acids is 2. The fourth-order valence-corrected chi connectivity index (χ4v) is 3.57. The summed E-state index contributed by atoms with van der Waals surface area (Å²) in [5, 5.41) is 3.47. The molecule has 0 aliphatic heterocycles. The molecular formula is C15H18N4O3S2. The summed E-state index contributed by atoms with van der Waals surface area (Å²) in [6.45, 7) is 5.20. The smallest absolute Gasteiger partial charge is 0.251 e. The van der Waals surface area contributed by atoms with Crippen molar-refractivity contribution < 1.29 is 9.59 Å². The molecule has 0 radical (unpaired) electrons. The van der Waals surface area contributed by atoms with Crippen LogP contribution in [0, 0.1) is 6.92 Å². The monoisotopic (exact) mass is 366 g/mol. The normalized spacial score (nSPS) is 10.6. The summed E-state index contributed by atoms with van der Waals surface area (Å²) in [5.74, 6) is -0.256. The van der Waals surface area contributed by atoms with Gasteiger partial charge in [0.1, 0.15) is 0 Å². The molecule has 2 heterocycles. The van der Waals surface area contributed by atoms with Crippen molar-refractivity contribution in [2.45, 2.75) is 38.8 Å². The van der Waals surface area contributed by atoms with E-state index < -0.39 is 0 Å². The first kappa shape index (κ1) is 18.3. The third-order valence-corrected chi connectivity index (χ3v) is 5.03. The molecule has 0 saturated carbocycles. The Morgan fingerprint density at radius 1 is 1.38 bits per heavy atom. The van der Waals surface area contributed by atoms with Gasteiger partial charge in [0.15, 0.2) is 16.1 Å². The molecule has 0 bridgehead atoms. The summed E-state index contributed by atoms with van der Waals surface area (Å²) in [4.78, 5) is 46.6. The van der Waals surface area contributed by atoms with Crippen LogP contribution in [0.5, 0.6) is 0 Å². The van der Waals surface area contributed by atoms with E-state index in [9.17, 15) is 14.4 Å². The molecule has 0 atom stereocenters. The number of thioether (sulfide) groups is 1. The van der Waals surface area contributed by atoms with Gasteiger partial charge in [-0.2, -0.15) is 0 Å². The molecule has 9 heteroatoms. The summed E-state index contributed by atoms with van der Waals surface area (Å²) < 4.78 is 0. The Bertz CT molecular complexity index is 813. The molecule has 0 fully saturated rings. The van der Waals surface area contributed by atoms with Crippen molar-refractivity contribution in [1.29, 1.82) is 0 Å². The van der Waals surface area contributed by atoms with Crippen LogP contribution in [-0.2, 0) is 11.2 Å². The van der Waals surface area contributed by atoms with Gasteiger partial charge in [0, 0.05) is 18.7 Å². The standard InChI is InChI=1S/C15H18N4O3S2/c1-4-5-10-6-11(21)18-14(17-10)23-7-12(22)19-15-16-8(2)13(24-15)9(3)20/h6H,4-5,7H2,1-3H3,(H,16,19,22)(H,17,18,21). The van der Waals surface area contributed by atoms with Crippen LogP contribution in [-0.4, -0.2) is 32.4 Å². The van der Waals surface area contributed by atoms with Crippen molar-refractivity contribution in [2.24, 2.45) is 0 Å². The summed E-state index contributed by atoms with van der Waals surface area (Å²) in [6, 6.07) is 1.47. The Hall–Kier alpha value is -2.00. The maximum Gasteiger partial charge on any atom is 0.251 e. The third-order valence-electron chi connectivity index (χ3n) is 2.98. The second-order valence-corrected chi connectivity index (χ2v) is 7.08. The van der Waals surface area contributed by atoms with Crippen LogP contribution in [0.2, 0.25) is 0 Å². The Labute approximate surface area is 147 Å². The van der Waals surface area contributed by atoms with Crippen LogP contribution in [0.25, 0.3) is 0 Å². The number of aromatic amines is 1. The zero-order chi connectivity index (χ0) is 17.7. The lowest BCUT2D eigenvalue weighted by atomic mass is 10.2. The lowest BCUT2D eigenvalue weighted by Gasteiger charge is -2.03. The average molecular weight is 366 g/mol. The molecule has 2 aromatic heterocycles. The molecule has 7 nitrogen and oxygen atoms in total. The maximum atomic E-state index is 12.0. The van der Waals surface area contributed by atoms with E-state index in [-0.39, 0.29) is 23.0 Å². The van der Waals surface area contributed by atoms with Gasteiger partial charge in [-0.3, -0.25) is 14.4 Å². The SMILES string of the molecule is CCCc1cc(=O)[nH]c(SCC(=O)Nc2nc(C)c(C(C)=O)s2)n1. The number of rotatable bonds is 7. The number of aromatic nitrogens is 3. The van der Waals surface area contributed by atoms with Gasteiger partial charge in [0.25, 0.3) is 5.56 Å². The molecule has 0 aromatic carbocycles. The molecule has 0 aliphatic rings. The fourth-order valence-electron chi connectivity index (χ4n) is 2.00. The lowest BCUT2D eigenvalue weighted by Crippen LogP contribution is -2.15. The largest absolute Gasteiger partial charge is 0.301 e. The average Bonchev–Trinajstić information content (AvgIpc) is 2.86. The van der Waals surface area contributed by atoms with E-state index in [0.717, 1.165) is 35.9 Å². The van der Waals surface area contributed by atoms with Gasteiger partial charge in [-0.15, -0.1) is 0 Å². The van der Waals surface area contributed by atoms with Crippen LogP contribution in [0.15, 0.2) is 16.0 Å². The second kappa shape index (κ2) is 8.20. The second-order valence-electron chi connectivity index (χ2n) is 5.12. The highest BCUT2D eigenvalue weighted by Crippen LogP contribution is 2.23. The van der Waals surface area contributed by atoms with Crippen LogP contribution in [0.1, 0.15) is 41.3 Å². The highest BCUT2D eigenvalue weighted by Gasteiger charge is 2.14. The molecule has 2 rings (SSSR count). The minimum atomic E-state index is -0.271. The number of aryl methyl sites for hydroxylation is 2. The first-order valence-electron chi connectivity index (χ1n) is 7.40. The van der Waals surface area contributed by atoms with Gasteiger partial charge in [-0.25, -0.2) is 9.97 Å². The van der Waals surface area contributed by atoms with Crippen molar-refractivity contribution in [3.63, 3.8) is 0 Å². The molecule has 0 aliphatic carbocycles. The third kappa shape index (κ3) is 5.00. The number of amides is 1. The minimum absolute atomic E-state index is 0.0746. The molecule has 0 saturated heterocycles. The van der Waals surface area contributed by atoms with Crippen molar-refractivity contribution in [3.8, 4) is 0 Å². The number of hydrogen-bond acceptors (Lipinski definition) is 7.